The summed E-state index contributed by atoms with van der Waals surface area (Å²) in [6.07, 6.45) is 5.74. The lowest BCUT2D eigenvalue weighted by Gasteiger charge is -2.16. The molecule has 0 aliphatic heterocycles. The van der Waals surface area contributed by atoms with Crippen LogP contribution >= 0.6 is 11.6 Å². The summed E-state index contributed by atoms with van der Waals surface area (Å²) in [5.41, 5.74) is 3.93. The molecular weight excluding hydrogens is 289 g/mol. The normalized spacial score (nSPS) is 14.4. The summed E-state index contributed by atoms with van der Waals surface area (Å²) < 4.78 is 15.6. The highest BCUT2D eigenvalue weighted by Crippen LogP contribution is 2.32. The van der Waals surface area contributed by atoms with Crippen LogP contribution in [0, 0.1) is 5.82 Å². The van der Waals surface area contributed by atoms with Crippen LogP contribution in [-0.4, -0.2) is 14.6 Å². The van der Waals surface area contributed by atoms with Gasteiger partial charge < -0.3 is 0 Å². The van der Waals surface area contributed by atoms with Gasteiger partial charge in [-0.15, -0.1) is 0 Å². The van der Waals surface area contributed by atoms with Crippen LogP contribution in [0.4, 0.5) is 4.39 Å². The van der Waals surface area contributed by atoms with Crippen LogP contribution in [0.15, 0.2) is 30.5 Å². The number of fused-ring (bicyclic) bond motifs is 2. The number of hydrogen-bond acceptors (Lipinski definition) is 2. The molecule has 0 spiro atoms. The molecule has 1 aromatic carbocycles. The number of benzene rings is 1. The Bertz CT molecular complexity index is 841. The Kier molecular flexibility index (Phi) is 2.93. The fourth-order valence-corrected chi connectivity index (χ4v) is 3.28. The van der Waals surface area contributed by atoms with Crippen molar-refractivity contribution in [3.63, 3.8) is 0 Å². The van der Waals surface area contributed by atoms with Gasteiger partial charge in [-0.05, 0) is 31.7 Å². The van der Waals surface area contributed by atoms with Gasteiger partial charge >= 0.3 is 0 Å². The number of halogens is 2. The smallest absolute Gasteiger partial charge is 0.164 e. The second kappa shape index (κ2) is 4.81. The highest BCUT2D eigenvalue weighted by atomic mass is 35.5. The molecular formula is C16H13ClFN3. The minimum absolute atomic E-state index is 0.275. The topological polar surface area (TPSA) is 30.2 Å². The molecule has 0 N–H and O–H groups in total. The first-order chi connectivity index (χ1) is 10.3. The molecule has 3 nitrogen and oxygen atoms in total. The zero-order valence-electron chi connectivity index (χ0n) is 11.3. The van der Waals surface area contributed by atoms with Gasteiger partial charge in [0, 0.05) is 22.4 Å². The Labute approximate surface area is 126 Å². The molecule has 2 aromatic heterocycles. The van der Waals surface area contributed by atoms with E-state index in [0.717, 1.165) is 36.9 Å². The standard InChI is InChI=1S/C16H13ClFN3/c17-15-11-6-2-4-8-14(11)20-16-12(9-19-21(15)16)10-5-1-3-7-13(10)18/h1,3,5,7,9H,2,4,6,8H2. The quantitative estimate of drug-likeness (QED) is 0.634. The Morgan fingerprint density at radius 1 is 1.10 bits per heavy atom. The second-order valence-electron chi connectivity index (χ2n) is 5.31. The molecule has 1 aliphatic rings. The third-order valence-corrected chi connectivity index (χ3v) is 4.41. The van der Waals surface area contributed by atoms with E-state index >= 15 is 0 Å². The first kappa shape index (κ1) is 12.8. The van der Waals surface area contributed by atoms with Crippen LogP contribution in [0.25, 0.3) is 16.8 Å². The van der Waals surface area contributed by atoms with Gasteiger partial charge in [0.05, 0.1) is 6.20 Å². The molecule has 0 atom stereocenters. The summed E-state index contributed by atoms with van der Waals surface area (Å²) in [6, 6.07) is 6.66. The maximum Gasteiger partial charge on any atom is 0.164 e. The zero-order valence-corrected chi connectivity index (χ0v) is 12.1. The lowest BCUT2D eigenvalue weighted by Crippen LogP contribution is -2.10. The van der Waals surface area contributed by atoms with Crippen LogP contribution < -0.4 is 0 Å². The van der Waals surface area contributed by atoms with Gasteiger partial charge in [0.25, 0.3) is 0 Å². The lowest BCUT2D eigenvalue weighted by molar-refractivity contribution is 0.631. The van der Waals surface area contributed by atoms with E-state index in [9.17, 15) is 4.39 Å². The fourth-order valence-electron chi connectivity index (χ4n) is 2.95. The Morgan fingerprint density at radius 3 is 2.76 bits per heavy atom. The van der Waals surface area contributed by atoms with Gasteiger partial charge in [0.1, 0.15) is 11.0 Å². The summed E-state index contributed by atoms with van der Waals surface area (Å²) in [5, 5.41) is 4.91. The molecule has 5 heteroatoms. The molecule has 21 heavy (non-hydrogen) atoms. The summed E-state index contributed by atoms with van der Waals surface area (Å²) in [7, 11) is 0. The average molecular weight is 302 g/mol. The maximum atomic E-state index is 14.0. The Morgan fingerprint density at radius 2 is 1.90 bits per heavy atom. The van der Waals surface area contributed by atoms with Crippen molar-refractivity contribution in [3.8, 4) is 11.1 Å². The van der Waals surface area contributed by atoms with Gasteiger partial charge in [-0.3, -0.25) is 0 Å². The van der Waals surface area contributed by atoms with Crippen LogP contribution in [0.2, 0.25) is 5.15 Å². The number of nitrogens with zero attached hydrogens (tertiary/aromatic N) is 3. The molecule has 0 radical (unpaired) electrons. The van der Waals surface area contributed by atoms with E-state index in [-0.39, 0.29) is 5.82 Å². The van der Waals surface area contributed by atoms with E-state index < -0.39 is 0 Å². The van der Waals surface area contributed by atoms with Crippen molar-refractivity contribution >= 4 is 17.2 Å². The first-order valence-corrected chi connectivity index (χ1v) is 7.43. The van der Waals surface area contributed by atoms with Crippen LogP contribution in [0.3, 0.4) is 0 Å². The summed E-state index contributed by atoms with van der Waals surface area (Å²) in [6.45, 7) is 0. The van der Waals surface area contributed by atoms with Gasteiger partial charge in [-0.1, -0.05) is 29.8 Å². The molecule has 0 saturated heterocycles. The third kappa shape index (κ3) is 1.94. The van der Waals surface area contributed by atoms with Crippen molar-refractivity contribution < 1.29 is 4.39 Å². The largest absolute Gasteiger partial charge is 0.233 e. The van der Waals surface area contributed by atoms with Crippen molar-refractivity contribution in [1.29, 1.82) is 0 Å². The van der Waals surface area contributed by atoms with Gasteiger partial charge in [-0.2, -0.15) is 5.10 Å². The number of rotatable bonds is 1. The molecule has 3 aromatic rings. The first-order valence-electron chi connectivity index (χ1n) is 7.05. The maximum absolute atomic E-state index is 14.0. The Hall–Kier alpha value is -1.94. The second-order valence-corrected chi connectivity index (χ2v) is 5.67. The van der Waals surface area contributed by atoms with E-state index in [4.69, 9.17) is 16.6 Å². The van der Waals surface area contributed by atoms with Crippen molar-refractivity contribution in [2.75, 3.05) is 0 Å². The molecule has 106 valence electrons. The molecule has 2 heterocycles. The number of aryl methyl sites for hydroxylation is 1. The van der Waals surface area contributed by atoms with Crippen molar-refractivity contribution in [1.82, 2.24) is 14.6 Å². The minimum Gasteiger partial charge on any atom is -0.233 e. The highest BCUT2D eigenvalue weighted by molar-refractivity contribution is 6.30. The Balaban J connectivity index is 2.01. The summed E-state index contributed by atoms with van der Waals surface area (Å²) in [4.78, 5) is 4.70. The summed E-state index contributed by atoms with van der Waals surface area (Å²) >= 11 is 6.47. The van der Waals surface area contributed by atoms with E-state index in [0.29, 0.717) is 21.9 Å². The van der Waals surface area contributed by atoms with Gasteiger partial charge in [0.2, 0.25) is 0 Å². The fraction of sp³-hybridized carbons (Fsp3) is 0.250. The monoisotopic (exact) mass is 301 g/mol. The SMILES string of the molecule is Fc1ccccc1-c1cnn2c(Cl)c3c(nc12)CCCC3. The van der Waals surface area contributed by atoms with Crippen molar-refractivity contribution in [2.45, 2.75) is 25.7 Å². The van der Waals surface area contributed by atoms with Gasteiger partial charge in [-0.25, -0.2) is 13.9 Å². The molecule has 4 rings (SSSR count). The zero-order chi connectivity index (χ0) is 14.4. The predicted molar refractivity (Wildman–Crippen MR) is 80.0 cm³/mol. The molecule has 0 unspecified atom stereocenters. The lowest BCUT2D eigenvalue weighted by atomic mass is 9.97. The van der Waals surface area contributed by atoms with Crippen molar-refractivity contribution in [3.05, 3.63) is 52.7 Å². The number of hydrogen-bond donors (Lipinski definition) is 0. The third-order valence-electron chi connectivity index (χ3n) is 4.02. The van der Waals surface area contributed by atoms with Gasteiger partial charge in [0.15, 0.2) is 5.65 Å². The number of aromatic nitrogens is 3. The van der Waals surface area contributed by atoms with E-state index in [1.807, 2.05) is 6.07 Å². The molecule has 1 aliphatic carbocycles. The van der Waals surface area contributed by atoms with Crippen LogP contribution in [0.5, 0.6) is 0 Å². The molecule has 0 fully saturated rings. The highest BCUT2D eigenvalue weighted by Gasteiger charge is 2.20. The molecule has 0 saturated carbocycles. The van der Waals surface area contributed by atoms with Crippen LogP contribution in [0.1, 0.15) is 24.1 Å². The van der Waals surface area contributed by atoms with E-state index in [2.05, 4.69) is 5.10 Å². The minimum atomic E-state index is -0.275. The van der Waals surface area contributed by atoms with Crippen molar-refractivity contribution in [2.24, 2.45) is 0 Å². The molecule has 0 amide bonds. The van der Waals surface area contributed by atoms with E-state index in [1.165, 1.54) is 6.07 Å². The predicted octanol–water partition coefficient (Wildman–Crippen LogP) is 4.07. The summed E-state index contributed by atoms with van der Waals surface area (Å²) in [5.74, 6) is -0.275. The van der Waals surface area contributed by atoms with Crippen LogP contribution in [-0.2, 0) is 12.8 Å². The average Bonchev–Trinajstić information content (AvgIpc) is 2.92. The molecule has 0 bridgehead atoms. The van der Waals surface area contributed by atoms with E-state index in [1.54, 1.807) is 22.8 Å².